The lowest BCUT2D eigenvalue weighted by molar-refractivity contribution is 0.0694. The number of hydrogen-bond acceptors (Lipinski definition) is 3. The van der Waals surface area contributed by atoms with Crippen LogP contribution < -0.4 is 0 Å². The molecule has 5 rings (SSSR count). The molecule has 1 aliphatic carbocycles. The monoisotopic (exact) mass is 453 g/mol. The van der Waals surface area contributed by atoms with Crippen molar-refractivity contribution >= 4 is 17.6 Å². The van der Waals surface area contributed by atoms with Gasteiger partial charge in [-0.15, -0.1) is 0 Å². The molecule has 172 valence electrons. The average Bonchev–Trinajstić information content (AvgIpc) is 2.88. The predicted molar refractivity (Wildman–Crippen MR) is 130 cm³/mol. The van der Waals surface area contributed by atoms with Gasteiger partial charge in [0.1, 0.15) is 6.61 Å². The Balaban J connectivity index is 1.34. The van der Waals surface area contributed by atoms with Gasteiger partial charge >= 0.3 is 12.1 Å². The van der Waals surface area contributed by atoms with Crippen molar-refractivity contribution in [3.8, 4) is 0 Å². The van der Waals surface area contributed by atoms with Gasteiger partial charge in [0.2, 0.25) is 0 Å². The van der Waals surface area contributed by atoms with Crippen molar-refractivity contribution in [1.29, 1.82) is 0 Å². The van der Waals surface area contributed by atoms with E-state index in [9.17, 15) is 14.7 Å². The van der Waals surface area contributed by atoms with Crippen LogP contribution in [-0.4, -0.2) is 35.2 Å². The molecule has 0 bridgehead atoms. The number of rotatable bonds is 4. The van der Waals surface area contributed by atoms with Crippen molar-refractivity contribution in [3.05, 3.63) is 113 Å². The molecule has 0 unspecified atom stereocenters. The molecule has 0 atom stereocenters. The molecule has 1 saturated heterocycles. The molecule has 0 aromatic heterocycles. The van der Waals surface area contributed by atoms with Crippen molar-refractivity contribution in [1.82, 2.24) is 4.90 Å². The van der Waals surface area contributed by atoms with Crippen molar-refractivity contribution in [2.45, 2.75) is 25.9 Å². The van der Waals surface area contributed by atoms with E-state index in [1.807, 2.05) is 53.4 Å². The number of nitrogens with zero attached hydrogens (tertiary/aromatic N) is 1. The van der Waals surface area contributed by atoms with Gasteiger partial charge in [-0.25, -0.2) is 9.59 Å². The van der Waals surface area contributed by atoms with Gasteiger partial charge in [-0.3, -0.25) is 0 Å². The summed E-state index contributed by atoms with van der Waals surface area (Å²) in [5.41, 5.74) is 5.87. The highest BCUT2D eigenvalue weighted by molar-refractivity contribution is 5.89. The van der Waals surface area contributed by atoms with Gasteiger partial charge in [-0.2, -0.15) is 0 Å². The highest BCUT2D eigenvalue weighted by atomic mass is 16.6. The first-order valence-electron chi connectivity index (χ1n) is 11.6. The first-order valence-corrected chi connectivity index (χ1v) is 11.6. The SMILES string of the molecule is O=C(O)c1ccc(C2=CC3(CCN(C(=O)OCc4ccccc4)CC3)Cc3ccccc32)cc1. The molecule has 3 aromatic rings. The fourth-order valence-electron chi connectivity index (χ4n) is 5.05. The number of carboxylic acids is 1. The summed E-state index contributed by atoms with van der Waals surface area (Å²) in [6, 6.07) is 25.2. The maximum Gasteiger partial charge on any atom is 0.410 e. The highest BCUT2D eigenvalue weighted by Crippen LogP contribution is 2.45. The van der Waals surface area contributed by atoms with E-state index in [2.05, 4.69) is 24.3 Å². The van der Waals surface area contributed by atoms with E-state index in [1.54, 1.807) is 12.1 Å². The van der Waals surface area contributed by atoms with Crippen molar-refractivity contribution in [2.24, 2.45) is 5.41 Å². The third-order valence-corrected chi connectivity index (χ3v) is 6.97. The second kappa shape index (κ2) is 9.18. The van der Waals surface area contributed by atoms with Gasteiger partial charge in [-0.1, -0.05) is 72.8 Å². The lowest BCUT2D eigenvalue weighted by atomic mass is 9.67. The minimum absolute atomic E-state index is 0.0363. The molecule has 1 heterocycles. The van der Waals surface area contributed by atoms with E-state index in [0.717, 1.165) is 36.0 Å². The summed E-state index contributed by atoms with van der Waals surface area (Å²) >= 11 is 0. The van der Waals surface area contributed by atoms with Crippen LogP contribution in [0.15, 0.2) is 84.9 Å². The van der Waals surface area contributed by atoms with Crippen LogP contribution in [0.25, 0.3) is 5.57 Å². The van der Waals surface area contributed by atoms with E-state index >= 15 is 0 Å². The van der Waals surface area contributed by atoms with Gasteiger partial charge in [-0.05, 0) is 64.6 Å². The Labute approximate surface area is 199 Å². The minimum atomic E-state index is -0.924. The minimum Gasteiger partial charge on any atom is -0.478 e. The van der Waals surface area contributed by atoms with E-state index in [1.165, 1.54) is 11.1 Å². The summed E-state index contributed by atoms with van der Waals surface area (Å²) in [4.78, 5) is 25.7. The summed E-state index contributed by atoms with van der Waals surface area (Å²) in [5, 5.41) is 9.26. The lowest BCUT2D eigenvalue weighted by Crippen LogP contribution is -2.44. The number of likely N-dealkylation sites (tertiary alicyclic amines) is 1. The molecule has 3 aromatic carbocycles. The highest BCUT2D eigenvalue weighted by Gasteiger charge is 2.38. The normalized spacial score (nSPS) is 16.5. The number of allylic oxidation sites excluding steroid dienone is 1. The fourth-order valence-corrected chi connectivity index (χ4v) is 5.05. The Morgan fingerprint density at radius 1 is 0.882 bits per heavy atom. The zero-order chi connectivity index (χ0) is 23.5. The summed E-state index contributed by atoms with van der Waals surface area (Å²) in [7, 11) is 0. The zero-order valence-electron chi connectivity index (χ0n) is 18.9. The molecular weight excluding hydrogens is 426 g/mol. The summed E-state index contributed by atoms with van der Waals surface area (Å²) in [6.07, 6.45) is 4.75. The Hall–Kier alpha value is -3.86. The van der Waals surface area contributed by atoms with Crippen molar-refractivity contribution < 1.29 is 19.4 Å². The fraction of sp³-hybridized carbons (Fsp3) is 0.241. The van der Waals surface area contributed by atoms with E-state index < -0.39 is 5.97 Å². The average molecular weight is 454 g/mol. The van der Waals surface area contributed by atoms with Crippen LogP contribution in [0.4, 0.5) is 4.79 Å². The number of hydrogen-bond donors (Lipinski definition) is 1. The van der Waals surface area contributed by atoms with Gasteiger partial charge in [0, 0.05) is 13.1 Å². The predicted octanol–water partition coefficient (Wildman–Crippen LogP) is 5.79. The standard InChI is InChI=1S/C29H27NO4/c31-27(32)23-12-10-22(11-13-23)26-19-29(18-24-8-4-5-9-25(24)26)14-16-30(17-15-29)28(33)34-20-21-6-2-1-3-7-21/h1-13,19H,14-18,20H2,(H,31,32). The molecule has 5 heteroatoms. The summed E-state index contributed by atoms with van der Waals surface area (Å²) in [6.45, 7) is 1.58. The zero-order valence-corrected chi connectivity index (χ0v) is 18.9. The molecule has 5 nitrogen and oxygen atoms in total. The quantitative estimate of drug-likeness (QED) is 0.543. The Morgan fingerprint density at radius 3 is 2.26 bits per heavy atom. The number of carbonyl (C=O) groups is 2. The number of carboxylic acid groups (broad SMARTS) is 1. The van der Waals surface area contributed by atoms with Crippen molar-refractivity contribution in [2.75, 3.05) is 13.1 Å². The molecule has 1 aliphatic heterocycles. The van der Waals surface area contributed by atoms with Gasteiger partial charge in [0.05, 0.1) is 5.56 Å². The number of benzene rings is 3. The largest absolute Gasteiger partial charge is 0.478 e. The molecule has 0 saturated carbocycles. The first kappa shape index (κ1) is 22.0. The third kappa shape index (κ3) is 4.46. The second-order valence-corrected chi connectivity index (χ2v) is 9.16. The number of ether oxygens (including phenoxy) is 1. The number of aromatic carboxylic acids is 1. The van der Waals surface area contributed by atoms with Crippen LogP contribution >= 0.6 is 0 Å². The van der Waals surface area contributed by atoms with Crippen LogP contribution in [0.3, 0.4) is 0 Å². The van der Waals surface area contributed by atoms with Crippen LogP contribution in [0.2, 0.25) is 0 Å². The van der Waals surface area contributed by atoms with Gasteiger partial charge < -0.3 is 14.7 Å². The van der Waals surface area contributed by atoms with Crippen LogP contribution in [0.1, 0.15) is 45.5 Å². The smallest absolute Gasteiger partial charge is 0.410 e. The topological polar surface area (TPSA) is 66.8 Å². The molecule has 0 radical (unpaired) electrons. The number of fused-ring (bicyclic) bond motifs is 1. The molecule has 1 amide bonds. The Morgan fingerprint density at radius 2 is 1.56 bits per heavy atom. The molecular formula is C29H27NO4. The van der Waals surface area contributed by atoms with Gasteiger partial charge in [0.15, 0.2) is 0 Å². The lowest BCUT2D eigenvalue weighted by Gasteiger charge is -2.43. The number of carbonyl (C=O) groups excluding carboxylic acids is 1. The van der Waals surface area contributed by atoms with Crippen molar-refractivity contribution in [3.63, 3.8) is 0 Å². The first-order chi connectivity index (χ1) is 16.5. The molecule has 2 aliphatic rings. The summed E-state index contributed by atoms with van der Waals surface area (Å²) < 4.78 is 5.54. The van der Waals surface area contributed by atoms with E-state index in [4.69, 9.17) is 4.74 Å². The maximum atomic E-state index is 12.7. The van der Waals surface area contributed by atoms with E-state index in [-0.39, 0.29) is 23.7 Å². The third-order valence-electron chi connectivity index (χ3n) is 6.97. The number of piperidine rings is 1. The second-order valence-electron chi connectivity index (χ2n) is 9.16. The summed E-state index contributed by atoms with van der Waals surface area (Å²) in [5.74, 6) is -0.924. The Bertz CT molecular complexity index is 1220. The molecule has 1 fully saturated rings. The van der Waals surface area contributed by atoms with Crippen LogP contribution in [0, 0.1) is 5.41 Å². The maximum absolute atomic E-state index is 12.7. The molecule has 34 heavy (non-hydrogen) atoms. The Kier molecular flexibility index (Phi) is 5.93. The molecule has 1 spiro atoms. The number of amides is 1. The van der Waals surface area contributed by atoms with E-state index in [0.29, 0.717) is 13.1 Å². The van der Waals surface area contributed by atoms with Gasteiger partial charge in [0.25, 0.3) is 0 Å². The molecule has 1 N–H and O–H groups in total. The van der Waals surface area contributed by atoms with Crippen LogP contribution in [0.5, 0.6) is 0 Å². The van der Waals surface area contributed by atoms with Crippen LogP contribution in [-0.2, 0) is 17.8 Å².